The van der Waals surface area contributed by atoms with Crippen molar-refractivity contribution in [2.24, 2.45) is 10.9 Å². The molecule has 23 heavy (non-hydrogen) atoms. The van der Waals surface area contributed by atoms with Gasteiger partial charge < -0.3 is 15.5 Å². The van der Waals surface area contributed by atoms with Crippen molar-refractivity contribution in [3.05, 3.63) is 0 Å². The fourth-order valence-electron chi connectivity index (χ4n) is 2.54. The molecule has 0 aliphatic heterocycles. The molecular formula is C15H27F3N4O. The first-order valence-electron chi connectivity index (χ1n) is 8.06. The Morgan fingerprint density at radius 3 is 2.39 bits per heavy atom. The van der Waals surface area contributed by atoms with Crippen molar-refractivity contribution >= 4 is 11.9 Å². The number of rotatable bonds is 5. The van der Waals surface area contributed by atoms with Crippen molar-refractivity contribution in [1.82, 2.24) is 15.5 Å². The van der Waals surface area contributed by atoms with Gasteiger partial charge in [0.25, 0.3) is 0 Å². The van der Waals surface area contributed by atoms with Gasteiger partial charge in [-0.3, -0.25) is 4.79 Å². The monoisotopic (exact) mass is 336 g/mol. The Hall–Kier alpha value is -1.47. The van der Waals surface area contributed by atoms with E-state index >= 15 is 0 Å². The summed E-state index contributed by atoms with van der Waals surface area (Å²) in [6.07, 6.45) is -0.0364. The van der Waals surface area contributed by atoms with E-state index in [9.17, 15) is 18.0 Å². The zero-order valence-electron chi connectivity index (χ0n) is 14.0. The molecule has 0 spiro atoms. The minimum absolute atomic E-state index is 0.298. The zero-order chi connectivity index (χ0) is 17.5. The molecule has 0 aromatic heterocycles. The summed E-state index contributed by atoms with van der Waals surface area (Å²) >= 11 is 0. The van der Waals surface area contributed by atoms with Crippen LogP contribution in [0.2, 0.25) is 0 Å². The van der Waals surface area contributed by atoms with Gasteiger partial charge in [0.05, 0.1) is 0 Å². The molecule has 2 N–H and O–H groups in total. The number of carbonyl (C=O) groups excluding carboxylic acids is 1. The third-order valence-corrected chi connectivity index (χ3v) is 3.92. The first-order chi connectivity index (χ1) is 10.7. The second kappa shape index (κ2) is 8.98. The number of hydrogen-bond donors (Lipinski definition) is 2. The van der Waals surface area contributed by atoms with Gasteiger partial charge in [0.2, 0.25) is 5.91 Å². The Morgan fingerprint density at radius 1 is 1.26 bits per heavy atom. The number of alkyl halides is 3. The molecule has 0 heterocycles. The molecule has 1 aliphatic rings. The lowest BCUT2D eigenvalue weighted by Gasteiger charge is -2.28. The molecule has 5 nitrogen and oxygen atoms in total. The van der Waals surface area contributed by atoms with Gasteiger partial charge in [-0.05, 0) is 38.5 Å². The average molecular weight is 336 g/mol. The van der Waals surface area contributed by atoms with Crippen LogP contribution >= 0.6 is 0 Å². The van der Waals surface area contributed by atoms with Crippen molar-refractivity contribution < 1.29 is 18.0 Å². The van der Waals surface area contributed by atoms with E-state index in [4.69, 9.17) is 0 Å². The van der Waals surface area contributed by atoms with Crippen LogP contribution in [0.3, 0.4) is 0 Å². The van der Waals surface area contributed by atoms with Crippen molar-refractivity contribution in [1.29, 1.82) is 0 Å². The molecule has 0 unspecified atom stereocenters. The van der Waals surface area contributed by atoms with Gasteiger partial charge >= 0.3 is 6.18 Å². The van der Waals surface area contributed by atoms with Crippen LogP contribution < -0.4 is 10.6 Å². The topological polar surface area (TPSA) is 56.7 Å². The quantitative estimate of drug-likeness (QED) is 0.597. The first-order valence-corrected chi connectivity index (χ1v) is 8.06. The van der Waals surface area contributed by atoms with Crippen LogP contribution in [0, 0.1) is 5.92 Å². The Kier molecular flexibility index (Phi) is 7.64. The fourth-order valence-corrected chi connectivity index (χ4v) is 2.54. The Labute approximate surface area is 135 Å². The summed E-state index contributed by atoms with van der Waals surface area (Å²) in [5.74, 6) is 0.558. The molecule has 0 radical (unpaired) electrons. The molecular weight excluding hydrogens is 309 g/mol. The van der Waals surface area contributed by atoms with Gasteiger partial charge in [-0.25, -0.2) is 4.99 Å². The lowest BCUT2D eigenvalue weighted by molar-refractivity contribution is -0.157. The minimum atomic E-state index is -4.39. The van der Waals surface area contributed by atoms with Crippen LogP contribution in [0.1, 0.15) is 39.5 Å². The molecule has 0 saturated heterocycles. The molecule has 1 aliphatic carbocycles. The number of halogens is 3. The SMILES string of the molecule is CCNC(=NCC(=O)N(C)CC(F)(F)F)NC1CCC(C)CC1. The van der Waals surface area contributed by atoms with Gasteiger partial charge in [0, 0.05) is 19.6 Å². The summed E-state index contributed by atoms with van der Waals surface area (Å²) < 4.78 is 36.8. The number of likely N-dealkylation sites (N-methyl/N-ethyl adjacent to an activating group) is 1. The average Bonchev–Trinajstić information content (AvgIpc) is 2.45. The van der Waals surface area contributed by atoms with Gasteiger partial charge in [0.15, 0.2) is 5.96 Å². The van der Waals surface area contributed by atoms with Crippen LogP contribution in [0.4, 0.5) is 13.2 Å². The number of amides is 1. The van der Waals surface area contributed by atoms with Crippen LogP contribution in [0.5, 0.6) is 0 Å². The van der Waals surface area contributed by atoms with Gasteiger partial charge in [0.1, 0.15) is 13.1 Å². The highest BCUT2D eigenvalue weighted by atomic mass is 19.4. The van der Waals surface area contributed by atoms with Crippen molar-refractivity contribution in [2.45, 2.75) is 51.7 Å². The predicted molar refractivity (Wildman–Crippen MR) is 84.2 cm³/mol. The van der Waals surface area contributed by atoms with Crippen molar-refractivity contribution in [3.8, 4) is 0 Å². The Bertz CT molecular complexity index is 404. The third kappa shape index (κ3) is 8.08. The highest BCUT2D eigenvalue weighted by Gasteiger charge is 2.31. The number of carbonyl (C=O) groups is 1. The first kappa shape index (κ1) is 19.6. The molecule has 1 amide bonds. The van der Waals surface area contributed by atoms with Crippen LogP contribution in [-0.4, -0.2) is 55.7 Å². The number of nitrogens with one attached hydrogen (secondary N) is 2. The smallest absolute Gasteiger partial charge is 0.357 e. The van der Waals surface area contributed by atoms with Gasteiger partial charge in [-0.1, -0.05) is 6.92 Å². The molecule has 134 valence electrons. The number of hydrogen-bond acceptors (Lipinski definition) is 2. The Morgan fingerprint density at radius 2 is 1.87 bits per heavy atom. The number of nitrogens with zero attached hydrogens (tertiary/aromatic N) is 2. The van der Waals surface area contributed by atoms with E-state index in [-0.39, 0.29) is 6.54 Å². The van der Waals surface area contributed by atoms with Crippen LogP contribution in [0.25, 0.3) is 0 Å². The van der Waals surface area contributed by atoms with E-state index in [1.807, 2.05) is 6.92 Å². The molecule has 1 rings (SSSR count). The third-order valence-electron chi connectivity index (χ3n) is 3.92. The van der Waals surface area contributed by atoms with Crippen molar-refractivity contribution in [2.75, 3.05) is 26.7 Å². The molecule has 0 atom stereocenters. The summed E-state index contributed by atoms with van der Waals surface area (Å²) in [5.41, 5.74) is 0. The van der Waals surface area contributed by atoms with E-state index in [0.717, 1.165) is 38.6 Å². The van der Waals surface area contributed by atoms with Crippen LogP contribution in [0.15, 0.2) is 4.99 Å². The summed E-state index contributed by atoms with van der Waals surface area (Å²) in [6.45, 7) is 3.20. The standard InChI is InChI=1S/C15H27F3N4O/c1-4-19-14(21-12-7-5-11(2)6-8-12)20-9-13(23)22(3)10-15(16,17)18/h11-12H,4-10H2,1-3H3,(H2,19,20,21). The molecule has 8 heteroatoms. The normalized spacial score (nSPS) is 22.6. The maximum Gasteiger partial charge on any atom is 0.406 e. The van der Waals surface area contributed by atoms with E-state index in [1.54, 1.807) is 0 Å². The highest BCUT2D eigenvalue weighted by Crippen LogP contribution is 2.23. The van der Waals surface area contributed by atoms with Crippen LogP contribution in [-0.2, 0) is 4.79 Å². The summed E-state index contributed by atoms with van der Waals surface area (Å²) in [4.78, 5) is 16.5. The number of aliphatic imine (C=N–C) groups is 1. The van der Waals surface area contributed by atoms with Crippen molar-refractivity contribution in [3.63, 3.8) is 0 Å². The molecule has 0 aromatic rings. The Balaban J connectivity index is 2.52. The second-order valence-corrected chi connectivity index (χ2v) is 6.16. The fraction of sp³-hybridized carbons (Fsp3) is 0.867. The maximum atomic E-state index is 12.3. The highest BCUT2D eigenvalue weighted by molar-refractivity contribution is 5.85. The second-order valence-electron chi connectivity index (χ2n) is 6.16. The molecule has 0 aromatic carbocycles. The molecule has 0 bridgehead atoms. The lowest BCUT2D eigenvalue weighted by Crippen LogP contribution is -2.45. The van der Waals surface area contributed by atoms with Gasteiger partial charge in [-0.2, -0.15) is 13.2 Å². The summed E-state index contributed by atoms with van der Waals surface area (Å²) in [6, 6.07) is 0.298. The minimum Gasteiger partial charge on any atom is -0.357 e. The van der Waals surface area contributed by atoms with E-state index in [0.29, 0.717) is 23.4 Å². The maximum absolute atomic E-state index is 12.3. The predicted octanol–water partition coefficient (Wildman–Crippen LogP) is 2.14. The summed E-state index contributed by atoms with van der Waals surface area (Å²) in [7, 11) is 1.13. The zero-order valence-corrected chi connectivity index (χ0v) is 14.0. The van der Waals surface area contributed by atoms with E-state index in [1.165, 1.54) is 0 Å². The number of guanidine groups is 1. The van der Waals surface area contributed by atoms with E-state index < -0.39 is 18.6 Å². The largest absolute Gasteiger partial charge is 0.406 e. The lowest BCUT2D eigenvalue weighted by atomic mass is 9.87. The summed E-state index contributed by atoms with van der Waals surface area (Å²) in [5, 5.41) is 6.30. The molecule has 1 fully saturated rings. The molecule has 1 saturated carbocycles. The van der Waals surface area contributed by atoms with Gasteiger partial charge in [-0.15, -0.1) is 0 Å². The van der Waals surface area contributed by atoms with E-state index in [2.05, 4.69) is 22.5 Å².